The fourth-order valence-electron chi connectivity index (χ4n) is 2.13. The zero-order valence-corrected chi connectivity index (χ0v) is 13.4. The van der Waals surface area contributed by atoms with Crippen LogP contribution < -0.4 is 5.32 Å². The fraction of sp³-hybridized carbons (Fsp3) is 0.529. The van der Waals surface area contributed by atoms with E-state index in [-0.39, 0.29) is 17.9 Å². The second-order valence-electron chi connectivity index (χ2n) is 5.60. The Morgan fingerprint density at radius 1 is 1.14 bits per heavy atom. The molecule has 0 unspecified atom stereocenters. The molecule has 0 radical (unpaired) electrons. The molecule has 0 fully saturated rings. The summed E-state index contributed by atoms with van der Waals surface area (Å²) >= 11 is 0. The summed E-state index contributed by atoms with van der Waals surface area (Å²) in [6.45, 7) is 8.05. The van der Waals surface area contributed by atoms with E-state index < -0.39 is 6.04 Å². The summed E-state index contributed by atoms with van der Waals surface area (Å²) in [6, 6.07) is 9.37. The van der Waals surface area contributed by atoms with Gasteiger partial charge in [-0.2, -0.15) is 0 Å². The molecule has 0 saturated heterocycles. The summed E-state index contributed by atoms with van der Waals surface area (Å²) in [5.74, 6) is -0.0851. The molecule has 116 valence electrons. The van der Waals surface area contributed by atoms with Crippen molar-refractivity contribution in [3.63, 3.8) is 0 Å². The van der Waals surface area contributed by atoms with Crippen LogP contribution in [0.1, 0.15) is 46.1 Å². The number of benzene rings is 1. The van der Waals surface area contributed by atoms with Crippen LogP contribution >= 0.6 is 0 Å². The predicted octanol–water partition coefficient (Wildman–Crippen LogP) is 2.73. The summed E-state index contributed by atoms with van der Waals surface area (Å²) in [6.07, 6.45) is 1.24. The van der Waals surface area contributed by atoms with E-state index in [9.17, 15) is 9.59 Å². The van der Waals surface area contributed by atoms with Crippen LogP contribution in [0.4, 0.5) is 0 Å². The largest absolute Gasteiger partial charge is 0.352 e. The van der Waals surface area contributed by atoms with Gasteiger partial charge in [0.25, 0.3) is 0 Å². The third-order valence-electron chi connectivity index (χ3n) is 3.26. The van der Waals surface area contributed by atoms with Crippen molar-refractivity contribution in [2.24, 2.45) is 0 Å². The molecule has 1 atom stereocenters. The number of nitrogens with one attached hydrogen (secondary N) is 1. The van der Waals surface area contributed by atoms with Crippen LogP contribution in [0.15, 0.2) is 30.3 Å². The standard InChI is InChI=1S/C17H26N2O2/c1-5-9-16(20)19(12-15-10-7-6-8-11-15)14(4)17(21)18-13(2)3/h6-8,10-11,13-14H,5,9,12H2,1-4H3,(H,18,21)/t14-/m0/s1. The molecule has 0 bridgehead atoms. The number of hydrogen-bond acceptors (Lipinski definition) is 2. The van der Waals surface area contributed by atoms with Gasteiger partial charge in [0.05, 0.1) is 0 Å². The van der Waals surface area contributed by atoms with E-state index in [1.807, 2.05) is 51.1 Å². The van der Waals surface area contributed by atoms with Crippen molar-refractivity contribution in [3.8, 4) is 0 Å². The molecular weight excluding hydrogens is 264 g/mol. The Balaban J connectivity index is 2.86. The molecule has 0 aromatic heterocycles. The first-order valence-corrected chi connectivity index (χ1v) is 7.59. The van der Waals surface area contributed by atoms with Gasteiger partial charge < -0.3 is 10.2 Å². The van der Waals surface area contributed by atoms with Crippen LogP contribution in [0, 0.1) is 0 Å². The van der Waals surface area contributed by atoms with Gasteiger partial charge in [-0.1, -0.05) is 37.3 Å². The lowest BCUT2D eigenvalue weighted by Gasteiger charge is -2.29. The molecule has 0 spiro atoms. The molecule has 0 heterocycles. The van der Waals surface area contributed by atoms with Gasteiger partial charge in [0, 0.05) is 19.0 Å². The molecule has 2 amide bonds. The quantitative estimate of drug-likeness (QED) is 0.839. The minimum atomic E-state index is -0.466. The normalized spacial score (nSPS) is 12.0. The number of nitrogens with zero attached hydrogens (tertiary/aromatic N) is 1. The van der Waals surface area contributed by atoms with Crippen molar-refractivity contribution < 1.29 is 9.59 Å². The third kappa shape index (κ3) is 5.58. The first-order chi connectivity index (χ1) is 9.95. The zero-order chi connectivity index (χ0) is 15.8. The summed E-state index contributed by atoms with van der Waals surface area (Å²) in [7, 11) is 0. The van der Waals surface area contributed by atoms with Crippen molar-refractivity contribution in [2.45, 2.75) is 59.2 Å². The Bertz CT molecular complexity index is 457. The highest BCUT2D eigenvalue weighted by molar-refractivity contribution is 5.87. The van der Waals surface area contributed by atoms with Crippen molar-refractivity contribution in [3.05, 3.63) is 35.9 Å². The topological polar surface area (TPSA) is 49.4 Å². The van der Waals surface area contributed by atoms with E-state index in [2.05, 4.69) is 5.32 Å². The van der Waals surface area contributed by atoms with Crippen molar-refractivity contribution in [1.82, 2.24) is 10.2 Å². The van der Waals surface area contributed by atoms with Gasteiger partial charge in [-0.15, -0.1) is 0 Å². The summed E-state index contributed by atoms with van der Waals surface area (Å²) in [4.78, 5) is 26.2. The Morgan fingerprint density at radius 3 is 2.29 bits per heavy atom. The van der Waals surface area contributed by atoms with Crippen LogP contribution in [0.5, 0.6) is 0 Å². The molecule has 0 aliphatic heterocycles. The maximum atomic E-state index is 12.3. The van der Waals surface area contributed by atoms with Crippen LogP contribution in [0.3, 0.4) is 0 Å². The van der Waals surface area contributed by atoms with E-state index in [1.165, 1.54) is 0 Å². The second kappa shape index (κ2) is 8.45. The summed E-state index contributed by atoms with van der Waals surface area (Å²) in [5, 5.41) is 2.87. The van der Waals surface area contributed by atoms with Gasteiger partial charge in [0.1, 0.15) is 6.04 Å². The molecule has 0 aliphatic carbocycles. The molecular formula is C17H26N2O2. The van der Waals surface area contributed by atoms with E-state index in [4.69, 9.17) is 0 Å². The highest BCUT2D eigenvalue weighted by atomic mass is 16.2. The molecule has 0 aliphatic rings. The Hall–Kier alpha value is -1.84. The molecule has 21 heavy (non-hydrogen) atoms. The SMILES string of the molecule is CCCC(=O)N(Cc1ccccc1)[C@@H](C)C(=O)NC(C)C. The second-order valence-corrected chi connectivity index (χ2v) is 5.60. The van der Waals surface area contributed by atoms with Crippen LogP contribution in [0.2, 0.25) is 0 Å². The van der Waals surface area contributed by atoms with Crippen LogP contribution in [0.25, 0.3) is 0 Å². The predicted molar refractivity (Wildman–Crippen MR) is 84.6 cm³/mol. The molecule has 1 aromatic rings. The smallest absolute Gasteiger partial charge is 0.242 e. The highest BCUT2D eigenvalue weighted by Crippen LogP contribution is 2.11. The Labute approximate surface area is 127 Å². The Kier molecular flexibility index (Phi) is 6.92. The van der Waals surface area contributed by atoms with E-state index in [0.29, 0.717) is 13.0 Å². The lowest BCUT2D eigenvalue weighted by atomic mass is 10.1. The molecule has 4 heteroatoms. The number of amides is 2. The van der Waals surface area contributed by atoms with Crippen LogP contribution in [-0.4, -0.2) is 28.8 Å². The van der Waals surface area contributed by atoms with Crippen molar-refractivity contribution >= 4 is 11.8 Å². The molecule has 0 saturated carbocycles. The average Bonchev–Trinajstić information content (AvgIpc) is 2.44. The fourth-order valence-corrected chi connectivity index (χ4v) is 2.13. The molecule has 4 nitrogen and oxygen atoms in total. The lowest BCUT2D eigenvalue weighted by Crippen LogP contribution is -2.49. The third-order valence-corrected chi connectivity index (χ3v) is 3.26. The monoisotopic (exact) mass is 290 g/mol. The van der Waals surface area contributed by atoms with Gasteiger partial charge in [-0.25, -0.2) is 0 Å². The lowest BCUT2D eigenvalue weighted by molar-refractivity contribution is -0.140. The molecule has 1 aromatic carbocycles. The van der Waals surface area contributed by atoms with Gasteiger partial charge in [0.15, 0.2) is 0 Å². The minimum absolute atomic E-state index is 0.0211. The maximum Gasteiger partial charge on any atom is 0.242 e. The molecule has 1 N–H and O–H groups in total. The maximum absolute atomic E-state index is 12.3. The van der Waals surface area contributed by atoms with Crippen LogP contribution in [-0.2, 0) is 16.1 Å². The number of carbonyl (C=O) groups is 2. The number of carbonyl (C=O) groups excluding carboxylic acids is 2. The number of rotatable bonds is 7. The zero-order valence-electron chi connectivity index (χ0n) is 13.4. The minimum Gasteiger partial charge on any atom is -0.352 e. The first kappa shape index (κ1) is 17.2. The summed E-state index contributed by atoms with van der Waals surface area (Å²) in [5.41, 5.74) is 1.03. The summed E-state index contributed by atoms with van der Waals surface area (Å²) < 4.78 is 0. The highest BCUT2D eigenvalue weighted by Gasteiger charge is 2.25. The van der Waals surface area contributed by atoms with Gasteiger partial charge >= 0.3 is 0 Å². The van der Waals surface area contributed by atoms with Crippen molar-refractivity contribution in [1.29, 1.82) is 0 Å². The first-order valence-electron chi connectivity index (χ1n) is 7.59. The Morgan fingerprint density at radius 2 is 1.76 bits per heavy atom. The van der Waals surface area contributed by atoms with Gasteiger partial charge in [0.2, 0.25) is 11.8 Å². The van der Waals surface area contributed by atoms with E-state index in [0.717, 1.165) is 12.0 Å². The average molecular weight is 290 g/mol. The number of hydrogen-bond donors (Lipinski definition) is 1. The molecule has 1 rings (SSSR count). The van der Waals surface area contributed by atoms with Gasteiger partial charge in [-0.05, 0) is 32.8 Å². The van der Waals surface area contributed by atoms with Crippen molar-refractivity contribution in [2.75, 3.05) is 0 Å². The van der Waals surface area contributed by atoms with Gasteiger partial charge in [-0.3, -0.25) is 9.59 Å². The van der Waals surface area contributed by atoms with E-state index >= 15 is 0 Å². The van der Waals surface area contributed by atoms with E-state index in [1.54, 1.807) is 11.8 Å².